The smallest absolute Gasteiger partial charge is 0.324 e. The Kier molecular flexibility index (Phi) is 2.40. The van der Waals surface area contributed by atoms with Crippen molar-refractivity contribution in [3.63, 3.8) is 0 Å². The van der Waals surface area contributed by atoms with Crippen LogP contribution in [0, 0.1) is 5.41 Å². The first-order valence-corrected chi connectivity index (χ1v) is 4.18. The van der Waals surface area contributed by atoms with E-state index in [9.17, 15) is 9.59 Å². The molecule has 1 fully saturated rings. The third kappa shape index (κ3) is 2.08. The van der Waals surface area contributed by atoms with E-state index in [-0.39, 0.29) is 23.9 Å². The van der Waals surface area contributed by atoms with Gasteiger partial charge in [-0.05, 0) is 0 Å². The van der Waals surface area contributed by atoms with Crippen molar-refractivity contribution in [3.8, 4) is 0 Å². The number of hydrogen-bond acceptors (Lipinski definition) is 2. The lowest BCUT2D eigenvalue weighted by atomic mass is 9.93. The van der Waals surface area contributed by atoms with E-state index in [1.165, 1.54) is 4.90 Å². The number of nitrogens with one attached hydrogen (secondary N) is 1. The topological polar surface area (TPSA) is 49.4 Å². The van der Waals surface area contributed by atoms with E-state index in [1.807, 2.05) is 13.8 Å². The van der Waals surface area contributed by atoms with Crippen LogP contribution in [0.5, 0.6) is 0 Å². The summed E-state index contributed by atoms with van der Waals surface area (Å²) < 4.78 is 0. The van der Waals surface area contributed by atoms with E-state index in [0.717, 1.165) is 0 Å². The molecule has 0 aromatic carbocycles. The SMILES string of the molecule is C=CC(C)(C)CN1C(=O)CNC1=O. The van der Waals surface area contributed by atoms with Gasteiger partial charge in [-0.1, -0.05) is 19.9 Å². The van der Waals surface area contributed by atoms with Gasteiger partial charge in [0.25, 0.3) is 0 Å². The molecule has 72 valence electrons. The molecule has 1 saturated heterocycles. The summed E-state index contributed by atoms with van der Waals surface area (Å²) in [7, 11) is 0. The molecule has 1 aliphatic rings. The average molecular weight is 182 g/mol. The fraction of sp³-hybridized carbons (Fsp3) is 0.556. The number of hydrogen-bond donors (Lipinski definition) is 1. The molecule has 0 saturated carbocycles. The zero-order chi connectivity index (χ0) is 10.1. The highest BCUT2D eigenvalue weighted by atomic mass is 16.2. The van der Waals surface area contributed by atoms with Crippen LogP contribution in [0.15, 0.2) is 12.7 Å². The minimum Gasteiger partial charge on any atom is -0.329 e. The van der Waals surface area contributed by atoms with E-state index in [4.69, 9.17) is 0 Å². The van der Waals surface area contributed by atoms with Gasteiger partial charge in [0.1, 0.15) is 0 Å². The van der Waals surface area contributed by atoms with Crippen LogP contribution in [-0.2, 0) is 4.79 Å². The van der Waals surface area contributed by atoms with Gasteiger partial charge in [-0.2, -0.15) is 0 Å². The van der Waals surface area contributed by atoms with Gasteiger partial charge in [0, 0.05) is 12.0 Å². The highest BCUT2D eigenvalue weighted by Crippen LogP contribution is 2.19. The molecule has 0 radical (unpaired) electrons. The molecule has 1 aliphatic heterocycles. The van der Waals surface area contributed by atoms with Crippen LogP contribution in [0.3, 0.4) is 0 Å². The molecule has 4 heteroatoms. The standard InChI is InChI=1S/C9H14N2O2/c1-4-9(2,3)6-11-7(12)5-10-8(11)13/h4H,1,5-6H2,2-3H3,(H,10,13). The Balaban J connectivity index is 2.67. The molecule has 0 aromatic heterocycles. The molecular weight excluding hydrogens is 168 g/mol. The fourth-order valence-electron chi connectivity index (χ4n) is 1.09. The van der Waals surface area contributed by atoms with Crippen molar-refractivity contribution in [1.82, 2.24) is 10.2 Å². The van der Waals surface area contributed by atoms with E-state index in [2.05, 4.69) is 11.9 Å². The minimum absolute atomic E-state index is 0.117. The minimum atomic E-state index is -0.306. The summed E-state index contributed by atoms with van der Waals surface area (Å²) in [5, 5.41) is 2.47. The first kappa shape index (κ1) is 9.77. The number of carbonyl (C=O) groups is 2. The van der Waals surface area contributed by atoms with Gasteiger partial charge >= 0.3 is 6.03 Å². The van der Waals surface area contributed by atoms with Gasteiger partial charge in [-0.3, -0.25) is 9.69 Å². The summed E-state index contributed by atoms with van der Waals surface area (Å²) >= 11 is 0. The van der Waals surface area contributed by atoms with Gasteiger partial charge in [0.05, 0.1) is 6.54 Å². The highest BCUT2D eigenvalue weighted by molar-refractivity contribution is 6.01. The Morgan fingerprint density at radius 1 is 1.62 bits per heavy atom. The van der Waals surface area contributed by atoms with Gasteiger partial charge in [-0.25, -0.2) is 4.79 Å². The Morgan fingerprint density at radius 3 is 2.62 bits per heavy atom. The molecule has 13 heavy (non-hydrogen) atoms. The normalized spacial score (nSPS) is 17.5. The molecule has 0 atom stereocenters. The molecule has 1 rings (SSSR count). The van der Waals surface area contributed by atoms with Crippen molar-refractivity contribution in [2.45, 2.75) is 13.8 Å². The lowest BCUT2D eigenvalue weighted by Gasteiger charge is -2.24. The molecule has 1 heterocycles. The number of urea groups is 1. The number of nitrogens with zero attached hydrogens (tertiary/aromatic N) is 1. The molecule has 1 N–H and O–H groups in total. The summed E-state index contributed by atoms with van der Waals surface area (Å²) in [6, 6.07) is -0.306. The molecular formula is C9H14N2O2. The monoisotopic (exact) mass is 182 g/mol. The molecule has 0 spiro atoms. The van der Waals surface area contributed by atoms with Gasteiger partial charge in [0.2, 0.25) is 5.91 Å². The summed E-state index contributed by atoms with van der Waals surface area (Å²) in [4.78, 5) is 23.5. The van der Waals surface area contributed by atoms with E-state index >= 15 is 0 Å². The predicted molar refractivity (Wildman–Crippen MR) is 49.1 cm³/mol. The lowest BCUT2D eigenvalue weighted by molar-refractivity contribution is -0.125. The molecule has 0 aromatic rings. The van der Waals surface area contributed by atoms with Crippen molar-refractivity contribution in [2.75, 3.05) is 13.1 Å². The third-order valence-electron chi connectivity index (χ3n) is 2.06. The molecule has 4 nitrogen and oxygen atoms in total. The molecule has 0 bridgehead atoms. The maximum atomic E-state index is 11.2. The predicted octanol–water partition coefficient (Wildman–Crippen LogP) is 0.750. The van der Waals surface area contributed by atoms with Crippen molar-refractivity contribution < 1.29 is 9.59 Å². The van der Waals surface area contributed by atoms with Crippen LogP contribution in [-0.4, -0.2) is 29.9 Å². The summed E-state index contributed by atoms with van der Waals surface area (Å²) in [5.74, 6) is -0.167. The van der Waals surface area contributed by atoms with Crippen LogP contribution in [0.25, 0.3) is 0 Å². The average Bonchev–Trinajstić information content (AvgIpc) is 2.36. The first-order valence-electron chi connectivity index (χ1n) is 4.18. The van der Waals surface area contributed by atoms with Crippen LogP contribution in [0.2, 0.25) is 0 Å². The zero-order valence-corrected chi connectivity index (χ0v) is 7.96. The maximum absolute atomic E-state index is 11.2. The second kappa shape index (κ2) is 3.20. The first-order chi connectivity index (χ1) is 5.96. The maximum Gasteiger partial charge on any atom is 0.324 e. The van der Waals surface area contributed by atoms with Gasteiger partial charge < -0.3 is 5.32 Å². The second-order valence-corrected chi connectivity index (χ2v) is 3.83. The zero-order valence-electron chi connectivity index (χ0n) is 7.96. The summed E-state index contributed by atoms with van der Waals surface area (Å²) in [6.07, 6.45) is 1.74. The van der Waals surface area contributed by atoms with Crippen molar-refractivity contribution in [2.24, 2.45) is 5.41 Å². The van der Waals surface area contributed by atoms with Gasteiger partial charge in [-0.15, -0.1) is 6.58 Å². The molecule has 0 unspecified atom stereocenters. The summed E-state index contributed by atoms with van der Waals surface area (Å²) in [6.45, 7) is 8.02. The number of rotatable bonds is 3. The number of imide groups is 1. The van der Waals surface area contributed by atoms with E-state index < -0.39 is 0 Å². The second-order valence-electron chi connectivity index (χ2n) is 3.83. The number of carbonyl (C=O) groups excluding carboxylic acids is 2. The van der Waals surface area contributed by atoms with Crippen molar-refractivity contribution in [3.05, 3.63) is 12.7 Å². The van der Waals surface area contributed by atoms with Crippen LogP contribution >= 0.6 is 0 Å². The van der Waals surface area contributed by atoms with E-state index in [1.54, 1.807) is 6.08 Å². The highest BCUT2D eigenvalue weighted by Gasteiger charge is 2.32. The summed E-state index contributed by atoms with van der Waals surface area (Å²) in [5.41, 5.74) is -0.225. The van der Waals surface area contributed by atoms with Crippen molar-refractivity contribution >= 4 is 11.9 Å². The fourth-order valence-corrected chi connectivity index (χ4v) is 1.09. The quantitative estimate of drug-likeness (QED) is 0.517. The van der Waals surface area contributed by atoms with Crippen LogP contribution in [0.4, 0.5) is 4.79 Å². The Bertz CT molecular complexity index is 242. The van der Waals surface area contributed by atoms with Gasteiger partial charge in [0.15, 0.2) is 0 Å². The Morgan fingerprint density at radius 2 is 2.23 bits per heavy atom. The Labute approximate surface area is 77.6 Å². The Hall–Kier alpha value is -1.32. The number of amides is 3. The molecule has 3 amide bonds. The van der Waals surface area contributed by atoms with E-state index in [0.29, 0.717) is 6.54 Å². The lowest BCUT2D eigenvalue weighted by Crippen LogP contribution is -2.38. The van der Waals surface area contributed by atoms with Crippen molar-refractivity contribution in [1.29, 1.82) is 0 Å². The third-order valence-corrected chi connectivity index (χ3v) is 2.06. The van der Waals surface area contributed by atoms with Crippen LogP contribution < -0.4 is 5.32 Å². The molecule has 0 aliphatic carbocycles. The largest absolute Gasteiger partial charge is 0.329 e. The van der Waals surface area contributed by atoms with Crippen LogP contribution in [0.1, 0.15) is 13.8 Å².